The van der Waals surface area contributed by atoms with Gasteiger partial charge >= 0.3 is 0 Å². The van der Waals surface area contributed by atoms with Crippen LogP contribution < -0.4 is 9.62 Å². The highest BCUT2D eigenvalue weighted by Gasteiger charge is 2.35. The average Bonchev–Trinajstić information content (AvgIpc) is 3.03. The molecule has 0 radical (unpaired) electrons. The van der Waals surface area contributed by atoms with Crippen molar-refractivity contribution in [2.45, 2.75) is 57.1 Å². The first-order valence-electron chi connectivity index (χ1n) is 14.7. The molecule has 0 spiro atoms. The third-order valence-electron chi connectivity index (χ3n) is 7.55. The van der Waals surface area contributed by atoms with E-state index in [1.807, 2.05) is 51.1 Å². The monoisotopic (exact) mass is 649 g/mol. The van der Waals surface area contributed by atoms with E-state index in [0.29, 0.717) is 17.0 Å². The van der Waals surface area contributed by atoms with Crippen molar-refractivity contribution < 1.29 is 22.4 Å². The molecule has 0 unspecified atom stereocenters. The molecule has 0 fully saturated rings. The summed E-state index contributed by atoms with van der Waals surface area (Å²) in [6.45, 7) is 4.87. The first-order valence-corrected chi connectivity index (χ1v) is 16.5. The first kappa shape index (κ1) is 33.7. The topological polar surface area (TPSA) is 86.8 Å². The van der Waals surface area contributed by atoms with Crippen LogP contribution in [0.15, 0.2) is 108 Å². The molecule has 0 heterocycles. The predicted octanol–water partition coefficient (Wildman–Crippen LogP) is 6.54. The molecule has 2 atom stereocenters. The molecule has 0 aliphatic rings. The van der Waals surface area contributed by atoms with Crippen LogP contribution in [0.3, 0.4) is 0 Å². The summed E-state index contributed by atoms with van der Waals surface area (Å²) in [5.41, 5.74) is 2.06. The average molecular weight is 650 g/mol. The Bertz CT molecular complexity index is 1700. The van der Waals surface area contributed by atoms with Gasteiger partial charge in [0.1, 0.15) is 18.4 Å². The summed E-state index contributed by atoms with van der Waals surface area (Å²) in [4.78, 5) is 29.5. The van der Waals surface area contributed by atoms with Crippen LogP contribution >= 0.6 is 11.6 Å². The Morgan fingerprint density at radius 3 is 2.11 bits per heavy atom. The van der Waals surface area contributed by atoms with E-state index < -0.39 is 34.3 Å². The van der Waals surface area contributed by atoms with Gasteiger partial charge in [-0.15, -0.1) is 0 Å². The molecule has 4 aromatic carbocycles. The fourth-order valence-corrected chi connectivity index (χ4v) is 6.33. The van der Waals surface area contributed by atoms with Gasteiger partial charge in [-0.05, 0) is 67.8 Å². The van der Waals surface area contributed by atoms with E-state index in [4.69, 9.17) is 11.6 Å². The Balaban J connectivity index is 1.81. The van der Waals surface area contributed by atoms with E-state index in [1.54, 1.807) is 36.4 Å². The normalized spacial score (nSPS) is 12.6. The van der Waals surface area contributed by atoms with Crippen LogP contribution in [0.5, 0.6) is 0 Å². The Hall–Kier alpha value is -4.21. The number of para-hydroxylation sites is 1. The summed E-state index contributed by atoms with van der Waals surface area (Å²) in [6, 6.07) is 26.5. The molecule has 0 aliphatic carbocycles. The van der Waals surface area contributed by atoms with Gasteiger partial charge in [-0.3, -0.25) is 13.9 Å². The molecule has 0 aliphatic heterocycles. The van der Waals surface area contributed by atoms with Gasteiger partial charge in [-0.1, -0.05) is 90.8 Å². The predicted molar refractivity (Wildman–Crippen MR) is 176 cm³/mol. The molecule has 0 bridgehead atoms. The maximum atomic E-state index is 15.2. The van der Waals surface area contributed by atoms with E-state index in [1.165, 1.54) is 35.2 Å². The van der Waals surface area contributed by atoms with Gasteiger partial charge in [0.2, 0.25) is 11.8 Å². The second-order valence-electron chi connectivity index (χ2n) is 10.9. The number of amides is 2. The number of nitrogens with zero attached hydrogens (tertiary/aromatic N) is 2. The van der Waals surface area contributed by atoms with Crippen LogP contribution in [0, 0.1) is 12.7 Å². The number of sulfonamides is 1. The molecule has 7 nitrogen and oxygen atoms in total. The van der Waals surface area contributed by atoms with Gasteiger partial charge in [-0.25, -0.2) is 12.8 Å². The lowest BCUT2D eigenvalue weighted by Gasteiger charge is -2.34. The number of hydrogen-bond donors (Lipinski definition) is 1. The molecule has 1 N–H and O–H groups in total. The number of rotatable bonds is 13. The summed E-state index contributed by atoms with van der Waals surface area (Å²) in [7, 11) is -4.40. The summed E-state index contributed by atoms with van der Waals surface area (Å²) < 4.78 is 44.1. The maximum absolute atomic E-state index is 15.2. The van der Waals surface area contributed by atoms with Crippen LogP contribution in [0.25, 0.3) is 0 Å². The van der Waals surface area contributed by atoms with E-state index >= 15 is 4.39 Å². The van der Waals surface area contributed by atoms with Crippen LogP contribution in [-0.2, 0) is 32.6 Å². The minimum atomic E-state index is -4.40. The molecule has 10 heteroatoms. The van der Waals surface area contributed by atoms with Crippen LogP contribution in [0.2, 0.25) is 5.02 Å². The lowest BCUT2D eigenvalue weighted by Crippen LogP contribution is -2.54. The molecular weight excluding hydrogens is 613 g/mol. The Labute approximate surface area is 269 Å². The molecule has 236 valence electrons. The SMILES string of the molecule is CC[C@@H](C)NC(=O)[C@@H](Cc1ccccc1)N(Cc1ccc(Cl)cc1)C(=O)CN(c1ccccc1F)S(=O)(=O)c1ccc(C)cc1. The van der Waals surface area contributed by atoms with Crippen molar-refractivity contribution in [2.75, 3.05) is 10.8 Å². The summed E-state index contributed by atoms with van der Waals surface area (Å²) >= 11 is 6.12. The smallest absolute Gasteiger partial charge is 0.264 e. The summed E-state index contributed by atoms with van der Waals surface area (Å²) in [5, 5.41) is 3.49. The number of aryl methyl sites for hydroxylation is 1. The minimum absolute atomic E-state index is 0.0167. The van der Waals surface area contributed by atoms with Gasteiger partial charge in [-0.2, -0.15) is 0 Å². The number of benzene rings is 4. The zero-order chi connectivity index (χ0) is 32.6. The number of nitrogens with one attached hydrogen (secondary N) is 1. The Morgan fingerprint density at radius 2 is 1.49 bits per heavy atom. The molecule has 0 saturated heterocycles. The number of halogens is 2. The fraction of sp³-hybridized carbons (Fsp3) is 0.257. The van der Waals surface area contributed by atoms with Crippen molar-refractivity contribution in [3.8, 4) is 0 Å². The van der Waals surface area contributed by atoms with Crippen molar-refractivity contribution in [3.63, 3.8) is 0 Å². The van der Waals surface area contributed by atoms with E-state index in [9.17, 15) is 18.0 Å². The second kappa shape index (κ2) is 15.2. The van der Waals surface area contributed by atoms with Crippen molar-refractivity contribution in [1.82, 2.24) is 10.2 Å². The van der Waals surface area contributed by atoms with Crippen molar-refractivity contribution >= 4 is 39.1 Å². The first-order chi connectivity index (χ1) is 21.5. The zero-order valence-corrected chi connectivity index (χ0v) is 27.1. The molecule has 2 amide bonds. The number of hydrogen-bond acceptors (Lipinski definition) is 4. The molecule has 0 aromatic heterocycles. The van der Waals surface area contributed by atoms with Crippen LogP contribution in [0.4, 0.5) is 10.1 Å². The quantitative estimate of drug-likeness (QED) is 0.178. The lowest BCUT2D eigenvalue weighted by molar-refractivity contribution is -0.140. The largest absolute Gasteiger partial charge is 0.352 e. The molecular formula is C35H37ClFN3O4S. The van der Waals surface area contributed by atoms with Crippen LogP contribution in [0.1, 0.15) is 37.0 Å². The second-order valence-corrected chi connectivity index (χ2v) is 13.2. The van der Waals surface area contributed by atoms with Crippen molar-refractivity contribution in [1.29, 1.82) is 0 Å². The standard InChI is InChI=1S/C35H37ClFN3O4S/c1-4-26(3)38-35(42)33(22-27-10-6-5-7-11-27)39(23-28-16-18-29(36)19-17-28)34(41)24-40(32-13-9-8-12-31(32)37)45(43,44)30-20-14-25(2)15-21-30/h5-21,26,33H,4,22-24H2,1-3H3,(H,38,42)/t26-,33-/m1/s1. The molecule has 4 rings (SSSR count). The number of carbonyl (C=O) groups excluding carboxylic acids is 2. The van der Waals surface area contributed by atoms with E-state index in [2.05, 4.69) is 5.32 Å². The van der Waals surface area contributed by atoms with Crippen molar-refractivity contribution in [2.24, 2.45) is 0 Å². The van der Waals surface area contributed by atoms with Gasteiger partial charge in [0.05, 0.1) is 10.6 Å². The fourth-order valence-electron chi connectivity index (χ4n) is 4.79. The molecule has 0 saturated carbocycles. The van der Waals surface area contributed by atoms with E-state index in [0.717, 1.165) is 21.5 Å². The van der Waals surface area contributed by atoms with Gasteiger partial charge in [0.25, 0.3) is 10.0 Å². The number of anilines is 1. The van der Waals surface area contributed by atoms with E-state index in [-0.39, 0.29) is 35.5 Å². The zero-order valence-electron chi connectivity index (χ0n) is 25.5. The van der Waals surface area contributed by atoms with Crippen LogP contribution in [-0.4, -0.2) is 43.8 Å². The Kier molecular flexibility index (Phi) is 11.4. The molecule has 45 heavy (non-hydrogen) atoms. The lowest BCUT2D eigenvalue weighted by atomic mass is 10.0. The van der Waals surface area contributed by atoms with Crippen molar-refractivity contribution in [3.05, 3.63) is 131 Å². The minimum Gasteiger partial charge on any atom is -0.352 e. The van der Waals surface area contributed by atoms with Gasteiger partial charge in [0, 0.05) is 24.0 Å². The summed E-state index contributed by atoms with van der Waals surface area (Å²) in [6.07, 6.45) is 0.845. The Morgan fingerprint density at radius 1 is 0.867 bits per heavy atom. The molecule has 4 aromatic rings. The number of carbonyl (C=O) groups is 2. The highest BCUT2D eigenvalue weighted by atomic mass is 35.5. The third-order valence-corrected chi connectivity index (χ3v) is 9.57. The van der Waals surface area contributed by atoms with Gasteiger partial charge in [0.15, 0.2) is 0 Å². The third kappa shape index (κ3) is 8.71. The highest BCUT2D eigenvalue weighted by Crippen LogP contribution is 2.27. The highest BCUT2D eigenvalue weighted by molar-refractivity contribution is 7.92. The van der Waals surface area contributed by atoms with Gasteiger partial charge < -0.3 is 10.2 Å². The summed E-state index contributed by atoms with van der Waals surface area (Å²) in [5.74, 6) is -1.86. The maximum Gasteiger partial charge on any atom is 0.264 e.